The van der Waals surface area contributed by atoms with Crippen LogP contribution < -0.4 is 0 Å². The molecule has 2 saturated carbocycles. The molecule has 0 aliphatic heterocycles. The van der Waals surface area contributed by atoms with E-state index < -0.39 is 0 Å². The predicted octanol–water partition coefficient (Wildman–Crippen LogP) is 2.33. The number of aromatic nitrogens is 1. The summed E-state index contributed by atoms with van der Waals surface area (Å²) in [4.78, 5) is 6.61. The number of hydrogen-bond acceptors (Lipinski definition) is 3. The van der Waals surface area contributed by atoms with Gasteiger partial charge in [0.05, 0.1) is 0 Å². The molecule has 0 radical (unpaired) electrons. The summed E-state index contributed by atoms with van der Waals surface area (Å²) in [5, 5.41) is 8.85. The number of rotatable bonds is 5. The first-order valence-corrected chi connectivity index (χ1v) is 6.44. The van der Waals surface area contributed by atoms with E-state index in [-0.39, 0.29) is 0 Å². The highest BCUT2D eigenvalue weighted by atomic mass is 15.2. The lowest BCUT2D eigenvalue weighted by atomic mass is 10.2. The van der Waals surface area contributed by atoms with Crippen molar-refractivity contribution in [3.63, 3.8) is 0 Å². The molecule has 2 aliphatic carbocycles. The van der Waals surface area contributed by atoms with Gasteiger partial charge >= 0.3 is 0 Å². The fourth-order valence-corrected chi connectivity index (χ4v) is 2.28. The van der Waals surface area contributed by atoms with Gasteiger partial charge in [-0.3, -0.25) is 4.90 Å². The molecule has 1 heterocycles. The second kappa shape index (κ2) is 4.46. The highest BCUT2D eigenvalue weighted by Gasteiger charge is 2.33. The van der Waals surface area contributed by atoms with Crippen molar-refractivity contribution in [2.75, 3.05) is 6.54 Å². The van der Waals surface area contributed by atoms with Crippen LogP contribution in [-0.2, 0) is 6.54 Å². The van der Waals surface area contributed by atoms with Gasteiger partial charge in [-0.1, -0.05) is 0 Å². The fraction of sp³-hybridized carbons (Fsp3) is 0.571. The SMILES string of the molecule is N#Cc1cc(CN(CC2CC2)C2CC2)ccn1. The van der Waals surface area contributed by atoms with Gasteiger partial charge in [-0.25, -0.2) is 4.98 Å². The van der Waals surface area contributed by atoms with E-state index in [4.69, 9.17) is 5.26 Å². The Bertz CT molecular complexity index is 441. The van der Waals surface area contributed by atoms with E-state index in [1.54, 1.807) is 6.20 Å². The molecule has 17 heavy (non-hydrogen) atoms. The third kappa shape index (κ3) is 2.83. The maximum absolute atomic E-state index is 8.85. The van der Waals surface area contributed by atoms with Crippen molar-refractivity contribution < 1.29 is 0 Å². The van der Waals surface area contributed by atoms with Crippen molar-refractivity contribution in [3.05, 3.63) is 29.6 Å². The molecule has 3 rings (SSSR count). The van der Waals surface area contributed by atoms with Gasteiger partial charge in [0.15, 0.2) is 0 Å². The van der Waals surface area contributed by atoms with Crippen LogP contribution in [0.4, 0.5) is 0 Å². The van der Waals surface area contributed by atoms with Gasteiger partial charge in [0.1, 0.15) is 11.8 Å². The Hall–Kier alpha value is -1.40. The maximum atomic E-state index is 8.85. The quantitative estimate of drug-likeness (QED) is 0.775. The molecular formula is C14H17N3. The van der Waals surface area contributed by atoms with E-state index in [9.17, 15) is 0 Å². The summed E-state index contributed by atoms with van der Waals surface area (Å²) in [7, 11) is 0. The van der Waals surface area contributed by atoms with Crippen molar-refractivity contribution in [2.24, 2.45) is 5.92 Å². The molecule has 0 amide bonds. The van der Waals surface area contributed by atoms with Crippen LogP contribution in [0.3, 0.4) is 0 Å². The van der Waals surface area contributed by atoms with E-state index >= 15 is 0 Å². The molecule has 3 heteroatoms. The Morgan fingerprint density at radius 3 is 2.82 bits per heavy atom. The first kappa shape index (κ1) is 10.7. The molecule has 2 aliphatic rings. The largest absolute Gasteiger partial charge is 0.296 e. The van der Waals surface area contributed by atoms with Crippen LogP contribution in [0.2, 0.25) is 0 Å². The van der Waals surface area contributed by atoms with E-state index in [1.807, 2.05) is 12.1 Å². The molecule has 3 nitrogen and oxygen atoms in total. The van der Waals surface area contributed by atoms with Gasteiger partial charge < -0.3 is 0 Å². The first-order chi connectivity index (χ1) is 8.35. The molecule has 0 atom stereocenters. The summed E-state index contributed by atoms with van der Waals surface area (Å²) in [6.07, 6.45) is 7.26. The van der Waals surface area contributed by atoms with Crippen molar-refractivity contribution in [3.8, 4) is 6.07 Å². The van der Waals surface area contributed by atoms with Gasteiger partial charge in [-0.15, -0.1) is 0 Å². The molecule has 0 N–H and O–H groups in total. The molecule has 0 spiro atoms. The lowest BCUT2D eigenvalue weighted by molar-refractivity contribution is 0.244. The monoisotopic (exact) mass is 227 g/mol. The maximum Gasteiger partial charge on any atom is 0.140 e. The summed E-state index contributed by atoms with van der Waals surface area (Å²) in [6.45, 7) is 2.23. The lowest BCUT2D eigenvalue weighted by Gasteiger charge is -2.21. The minimum absolute atomic E-state index is 0.532. The van der Waals surface area contributed by atoms with E-state index in [2.05, 4.69) is 16.0 Å². The topological polar surface area (TPSA) is 39.9 Å². The van der Waals surface area contributed by atoms with Gasteiger partial charge in [-0.05, 0) is 49.3 Å². The summed E-state index contributed by atoms with van der Waals surface area (Å²) in [5.41, 5.74) is 1.76. The molecule has 1 aromatic heterocycles. The Kier molecular flexibility index (Phi) is 2.82. The Balaban J connectivity index is 1.67. The van der Waals surface area contributed by atoms with Crippen LogP contribution in [0, 0.1) is 17.2 Å². The van der Waals surface area contributed by atoms with E-state index in [0.29, 0.717) is 5.69 Å². The molecule has 1 aromatic rings. The van der Waals surface area contributed by atoms with Gasteiger partial charge in [0.25, 0.3) is 0 Å². The van der Waals surface area contributed by atoms with Crippen molar-refractivity contribution >= 4 is 0 Å². The molecule has 0 unspecified atom stereocenters. The smallest absolute Gasteiger partial charge is 0.140 e. The van der Waals surface area contributed by atoms with Crippen molar-refractivity contribution in [1.29, 1.82) is 5.26 Å². The van der Waals surface area contributed by atoms with E-state index in [0.717, 1.165) is 18.5 Å². The summed E-state index contributed by atoms with van der Waals surface area (Å²) < 4.78 is 0. The lowest BCUT2D eigenvalue weighted by Crippen LogP contribution is -2.27. The van der Waals surface area contributed by atoms with Crippen LogP contribution in [0.15, 0.2) is 18.3 Å². The Morgan fingerprint density at radius 1 is 1.35 bits per heavy atom. The molecule has 0 aromatic carbocycles. The zero-order chi connectivity index (χ0) is 11.7. The zero-order valence-corrected chi connectivity index (χ0v) is 9.97. The average molecular weight is 227 g/mol. The molecule has 0 saturated heterocycles. The standard InChI is InChI=1S/C14H17N3/c15-8-13-7-12(5-6-16-13)10-17(14-3-4-14)9-11-1-2-11/h5-7,11,14H,1-4,9-10H2. The zero-order valence-electron chi connectivity index (χ0n) is 9.97. The minimum atomic E-state index is 0.532. The Morgan fingerprint density at radius 2 is 2.18 bits per heavy atom. The van der Waals surface area contributed by atoms with Gasteiger partial charge in [0.2, 0.25) is 0 Å². The van der Waals surface area contributed by atoms with Crippen LogP contribution >= 0.6 is 0 Å². The van der Waals surface area contributed by atoms with Crippen LogP contribution in [0.5, 0.6) is 0 Å². The minimum Gasteiger partial charge on any atom is -0.296 e. The number of nitrogens with zero attached hydrogens (tertiary/aromatic N) is 3. The molecule has 2 fully saturated rings. The normalized spacial score (nSPS) is 19.3. The van der Waals surface area contributed by atoms with Crippen molar-refractivity contribution in [1.82, 2.24) is 9.88 Å². The third-order valence-electron chi connectivity index (χ3n) is 3.58. The van der Waals surface area contributed by atoms with Crippen molar-refractivity contribution in [2.45, 2.75) is 38.3 Å². The number of nitriles is 1. The third-order valence-corrected chi connectivity index (χ3v) is 3.58. The summed E-state index contributed by atoms with van der Waals surface area (Å²) in [5.74, 6) is 0.938. The second-order valence-corrected chi connectivity index (χ2v) is 5.27. The number of hydrogen-bond donors (Lipinski definition) is 0. The highest BCUT2D eigenvalue weighted by Crippen LogP contribution is 2.35. The molecule has 88 valence electrons. The van der Waals surface area contributed by atoms with Gasteiger partial charge in [-0.2, -0.15) is 5.26 Å². The highest BCUT2D eigenvalue weighted by molar-refractivity contribution is 5.25. The van der Waals surface area contributed by atoms with Gasteiger partial charge in [0, 0.05) is 25.3 Å². The fourth-order valence-electron chi connectivity index (χ4n) is 2.28. The Labute approximate surface area is 102 Å². The van der Waals surface area contributed by atoms with Crippen LogP contribution in [-0.4, -0.2) is 22.5 Å². The first-order valence-electron chi connectivity index (χ1n) is 6.44. The van der Waals surface area contributed by atoms with E-state index in [1.165, 1.54) is 37.8 Å². The second-order valence-electron chi connectivity index (χ2n) is 5.27. The van der Waals surface area contributed by atoms with Crippen LogP contribution in [0.1, 0.15) is 36.9 Å². The molecular weight excluding hydrogens is 210 g/mol. The van der Waals surface area contributed by atoms with Crippen LogP contribution in [0.25, 0.3) is 0 Å². The number of pyridine rings is 1. The predicted molar refractivity (Wildman–Crippen MR) is 65.1 cm³/mol. The average Bonchev–Trinajstić information content (AvgIpc) is 3.21. The summed E-state index contributed by atoms with van der Waals surface area (Å²) in [6, 6.07) is 6.86. The summed E-state index contributed by atoms with van der Waals surface area (Å²) >= 11 is 0. The molecule has 0 bridgehead atoms.